The number of ketones is 1. The van der Waals surface area contributed by atoms with Crippen molar-refractivity contribution in [2.75, 3.05) is 4.90 Å². The lowest BCUT2D eigenvalue weighted by Crippen LogP contribution is -2.29. The second-order valence-electron chi connectivity index (χ2n) is 4.56. The number of halogens is 3. The molecule has 0 spiro atoms. The van der Waals surface area contributed by atoms with Gasteiger partial charge in [0.2, 0.25) is 0 Å². The lowest BCUT2D eigenvalue weighted by atomic mass is 10.1. The van der Waals surface area contributed by atoms with Crippen molar-refractivity contribution in [1.82, 2.24) is 0 Å². The van der Waals surface area contributed by atoms with Crippen LogP contribution in [0.3, 0.4) is 0 Å². The number of carbonyl (C=O) groups is 2. The van der Waals surface area contributed by atoms with E-state index >= 15 is 0 Å². The van der Waals surface area contributed by atoms with Gasteiger partial charge >= 0.3 is 0 Å². The van der Waals surface area contributed by atoms with Gasteiger partial charge in [-0.25, -0.2) is 0 Å². The molecule has 3 rings (SSSR count). The molecule has 0 bridgehead atoms. The Bertz CT molecular complexity index is 753. The van der Waals surface area contributed by atoms with E-state index < -0.39 is 11.7 Å². The molecule has 0 radical (unpaired) electrons. The summed E-state index contributed by atoms with van der Waals surface area (Å²) in [5, 5.41) is 1.21. The standard InChI is InChI=1S/C15H8Cl3NO2/c16-10-4-2-5-11(17)9(10)7-19-13-8(14(20)15(19)21)3-1-6-12(13)18/h1-6H,7H2. The molecule has 106 valence electrons. The van der Waals surface area contributed by atoms with Crippen LogP contribution in [-0.4, -0.2) is 11.7 Å². The lowest BCUT2D eigenvalue weighted by Gasteiger charge is -2.19. The Morgan fingerprint density at radius 2 is 1.43 bits per heavy atom. The molecular formula is C15H8Cl3NO2. The zero-order valence-electron chi connectivity index (χ0n) is 10.6. The highest BCUT2D eigenvalue weighted by Gasteiger charge is 2.37. The SMILES string of the molecule is O=C1C(=O)N(Cc2c(Cl)cccc2Cl)c2c(Cl)cccc21. The van der Waals surface area contributed by atoms with Gasteiger partial charge in [-0.2, -0.15) is 0 Å². The normalized spacial score (nSPS) is 13.8. The Kier molecular flexibility index (Phi) is 3.66. The summed E-state index contributed by atoms with van der Waals surface area (Å²) >= 11 is 18.4. The van der Waals surface area contributed by atoms with E-state index in [9.17, 15) is 9.59 Å². The lowest BCUT2D eigenvalue weighted by molar-refractivity contribution is -0.114. The van der Waals surface area contributed by atoms with Crippen LogP contribution in [0.25, 0.3) is 0 Å². The Morgan fingerprint density at radius 1 is 0.857 bits per heavy atom. The molecule has 0 saturated heterocycles. The summed E-state index contributed by atoms with van der Waals surface area (Å²) < 4.78 is 0. The van der Waals surface area contributed by atoms with Crippen molar-refractivity contribution in [3.63, 3.8) is 0 Å². The van der Waals surface area contributed by atoms with Crippen molar-refractivity contribution >= 4 is 52.2 Å². The molecule has 1 aliphatic heterocycles. The first-order valence-corrected chi connectivity index (χ1v) is 7.21. The first-order chi connectivity index (χ1) is 10.0. The van der Waals surface area contributed by atoms with E-state index in [-0.39, 0.29) is 6.54 Å². The van der Waals surface area contributed by atoms with Gasteiger partial charge in [-0.3, -0.25) is 14.5 Å². The van der Waals surface area contributed by atoms with Gasteiger partial charge in [0.05, 0.1) is 22.8 Å². The molecule has 3 nitrogen and oxygen atoms in total. The fraction of sp³-hybridized carbons (Fsp3) is 0.0667. The predicted octanol–water partition coefficient (Wildman–Crippen LogP) is 4.38. The molecule has 0 aromatic heterocycles. The summed E-state index contributed by atoms with van der Waals surface area (Å²) in [5.74, 6) is -1.20. The highest BCUT2D eigenvalue weighted by atomic mass is 35.5. The summed E-state index contributed by atoms with van der Waals surface area (Å²) in [4.78, 5) is 25.5. The smallest absolute Gasteiger partial charge is 0.299 e. The molecule has 2 aromatic rings. The molecule has 2 aromatic carbocycles. The summed E-state index contributed by atoms with van der Waals surface area (Å²) in [6.07, 6.45) is 0. The van der Waals surface area contributed by atoms with Gasteiger partial charge < -0.3 is 0 Å². The molecule has 1 heterocycles. The maximum absolute atomic E-state index is 12.2. The van der Waals surface area contributed by atoms with Crippen LogP contribution in [0.5, 0.6) is 0 Å². The predicted molar refractivity (Wildman–Crippen MR) is 83.4 cm³/mol. The van der Waals surface area contributed by atoms with Gasteiger partial charge in [0.1, 0.15) is 0 Å². The summed E-state index contributed by atoms with van der Waals surface area (Å²) in [5.41, 5.74) is 1.29. The van der Waals surface area contributed by atoms with E-state index in [1.807, 2.05) is 0 Å². The fourth-order valence-corrected chi connectivity index (χ4v) is 3.10. The van der Waals surface area contributed by atoms with Crippen LogP contribution >= 0.6 is 34.8 Å². The van der Waals surface area contributed by atoms with Crippen LogP contribution < -0.4 is 4.90 Å². The zero-order valence-corrected chi connectivity index (χ0v) is 12.8. The summed E-state index contributed by atoms with van der Waals surface area (Å²) in [7, 11) is 0. The van der Waals surface area contributed by atoms with Gasteiger partial charge in [-0.1, -0.05) is 46.9 Å². The maximum atomic E-state index is 12.2. The number of carbonyl (C=O) groups excluding carboxylic acids is 2. The van der Waals surface area contributed by atoms with E-state index in [0.29, 0.717) is 31.9 Å². The maximum Gasteiger partial charge on any atom is 0.299 e. The average Bonchev–Trinajstić information content (AvgIpc) is 2.69. The number of rotatable bonds is 2. The molecule has 1 aliphatic rings. The fourth-order valence-electron chi connectivity index (χ4n) is 2.30. The van der Waals surface area contributed by atoms with Crippen LogP contribution in [0.2, 0.25) is 15.1 Å². The Balaban J connectivity index is 2.09. The third kappa shape index (κ3) is 2.31. The zero-order chi connectivity index (χ0) is 15.1. The van der Waals surface area contributed by atoms with Gasteiger partial charge in [0, 0.05) is 15.6 Å². The number of anilines is 1. The number of fused-ring (bicyclic) bond motifs is 1. The van der Waals surface area contributed by atoms with Crippen molar-refractivity contribution in [2.45, 2.75) is 6.54 Å². The highest BCUT2D eigenvalue weighted by molar-refractivity contribution is 6.54. The van der Waals surface area contributed by atoms with E-state index in [2.05, 4.69) is 0 Å². The monoisotopic (exact) mass is 339 g/mol. The molecular weight excluding hydrogens is 333 g/mol. The Hall–Kier alpha value is -1.55. The number of amides is 1. The first kappa shape index (κ1) is 14.4. The third-order valence-corrected chi connectivity index (χ3v) is 4.33. The van der Waals surface area contributed by atoms with E-state index in [1.165, 1.54) is 4.90 Å². The third-order valence-electron chi connectivity index (χ3n) is 3.32. The number of hydrogen-bond acceptors (Lipinski definition) is 2. The molecule has 0 saturated carbocycles. The summed E-state index contributed by atoms with van der Waals surface area (Å²) in [6.45, 7) is 0.0970. The van der Waals surface area contributed by atoms with Gasteiger partial charge in [-0.05, 0) is 24.3 Å². The number of nitrogens with zero attached hydrogens (tertiary/aromatic N) is 1. The first-order valence-electron chi connectivity index (χ1n) is 6.08. The van der Waals surface area contributed by atoms with Crippen LogP contribution in [0.4, 0.5) is 5.69 Å². The Labute approximate surface area is 136 Å². The second-order valence-corrected chi connectivity index (χ2v) is 5.78. The molecule has 6 heteroatoms. The van der Waals surface area contributed by atoms with E-state index in [0.717, 1.165) is 0 Å². The van der Waals surface area contributed by atoms with Crippen molar-refractivity contribution in [2.24, 2.45) is 0 Å². The minimum Gasteiger partial charge on any atom is -0.299 e. The van der Waals surface area contributed by atoms with Crippen LogP contribution in [0.15, 0.2) is 36.4 Å². The van der Waals surface area contributed by atoms with Crippen molar-refractivity contribution < 1.29 is 9.59 Å². The molecule has 0 unspecified atom stereocenters. The van der Waals surface area contributed by atoms with E-state index in [1.54, 1.807) is 36.4 Å². The minimum absolute atomic E-state index is 0.0970. The molecule has 0 atom stereocenters. The average molecular weight is 341 g/mol. The number of Topliss-reactive ketones (excluding diaryl/α,β-unsaturated/α-hetero) is 1. The van der Waals surface area contributed by atoms with Crippen molar-refractivity contribution in [3.05, 3.63) is 62.6 Å². The molecule has 21 heavy (non-hydrogen) atoms. The van der Waals surface area contributed by atoms with Crippen molar-refractivity contribution in [3.8, 4) is 0 Å². The summed E-state index contributed by atoms with van der Waals surface area (Å²) in [6, 6.07) is 9.92. The van der Waals surface area contributed by atoms with Crippen molar-refractivity contribution in [1.29, 1.82) is 0 Å². The Morgan fingerprint density at radius 3 is 2.10 bits per heavy atom. The minimum atomic E-state index is -0.630. The molecule has 0 fully saturated rings. The highest BCUT2D eigenvalue weighted by Crippen LogP contribution is 2.38. The quantitative estimate of drug-likeness (QED) is 0.761. The van der Waals surface area contributed by atoms with Crippen LogP contribution in [-0.2, 0) is 11.3 Å². The van der Waals surface area contributed by atoms with Gasteiger partial charge in [-0.15, -0.1) is 0 Å². The second kappa shape index (κ2) is 5.34. The molecule has 0 aliphatic carbocycles. The van der Waals surface area contributed by atoms with Crippen LogP contribution in [0.1, 0.15) is 15.9 Å². The van der Waals surface area contributed by atoms with Gasteiger partial charge in [0.25, 0.3) is 11.7 Å². The molecule has 0 N–H and O–H groups in total. The van der Waals surface area contributed by atoms with Gasteiger partial charge in [0.15, 0.2) is 0 Å². The van der Waals surface area contributed by atoms with E-state index in [4.69, 9.17) is 34.8 Å². The molecule has 1 amide bonds. The largest absolute Gasteiger partial charge is 0.299 e. The topological polar surface area (TPSA) is 37.4 Å². The van der Waals surface area contributed by atoms with Crippen LogP contribution in [0, 0.1) is 0 Å². The number of hydrogen-bond donors (Lipinski definition) is 0. The number of benzene rings is 2. The number of para-hydroxylation sites is 1.